The van der Waals surface area contributed by atoms with Crippen LogP contribution in [0.15, 0.2) is 36.8 Å². The zero-order chi connectivity index (χ0) is 13.5. The summed E-state index contributed by atoms with van der Waals surface area (Å²) in [5.74, 6) is 0. The van der Waals surface area contributed by atoms with Gasteiger partial charge in [0.2, 0.25) is 0 Å². The largest absolute Gasteiger partial charge is 0.361 e. The molecule has 0 amide bonds. The van der Waals surface area contributed by atoms with Crippen molar-refractivity contribution >= 4 is 10.9 Å². The molecule has 3 aromatic rings. The molecule has 1 aliphatic heterocycles. The number of fused-ring (bicyclic) bond motifs is 2. The van der Waals surface area contributed by atoms with Crippen molar-refractivity contribution in [2.75, 3.05) is 6.54 Å². The molecule has 1 aliphatic rings. The summed E-state index contributed by atoms with van der Waals surface area (Å²) in [6.07, 6.45) is 5.12. The molecule has 4 rings (SSSR count). The maximum Gasteiger partial charge on any atom is 0.0952 e. The van der Waals surface area contributed by atoms with Gasteiger partial charge in [0.1, 0.15) is 0 Å². The highest BCUT2D eigenvalue weighted by Gasteiger charge is 2.27. The van der Waals surface area contributed by atoms with E-state index < -0.39 is 0 Å². The molecule has 20 heavy (non-hydrogen) atoms. The second-order valence-electron chi connectivity index (χ2n) is 5.29. The first-order valence-corrected chi connectivity index (χ1v) is 7.21. The topological polar surface area (TPSA) is 45.6 Å². The zero-order valence-corrected chi connectivity index (χ0v) is 11.6. The highest BCUT2D eigenvalue weighted by atomic mass is 15.1. The van der Waals surface area contributed by atoms with Crippen LogP contribution in [0.4, 0.5) is 0 Å². The van der Waals surface area contributed by atoms with Gasteiger partial charge < -0.3 is 14.9 Å². The first kappa shape index (κ1) is 11.7. The number of nitrogens with zero attached hydrogens (tertiary/aromatic N) is 2. The fourth-order valence-corrected chi connectivity index (χ4v) is 3.23. The Balaban J connectivity index is 1.90. The highest BCUT2D eigenvalue weighted by Crippen LogP contribution is 2.32. The van der Waals surface area contributed by atoms with Crippen molar-refractivity contribution in [3.05, 3.63) is 53.7 Å². The van der Waals surface area contributed by atoms with Crippen molar-refractivity contribution < 1.29 is 0 Å². The van der Waals surface area contributed by atoms with E-state index in [1.54, 1.807) is 0 Å². The molecule has 2 aromatic heterocycles. The van der Waals surface area contributed by atoms with Crippen LogP contribution >= 0.6 is 0 Å². The van der Waals surface area contributed by atoms with Crippen molar-refractivity contribution in [2.45, 2.75) is 25.9 Å². The normalized spacial score (nSPS) is 18.4. The molecule has 4 heteroatoms. The number of hydrogen-bond acceptors (Lipinski definition) is 2. The number of H-pyrrole nitrogens is 1. The minimum Gasteiger partial charge on any atom is -0.361 e. The van der Waals surface area contributed by atoms with Gasteiger partial charge >= 0.3 is 0 Å². The van der Waals surface area contributed by atoms with Gasteiger partial charge in [0, 0.05) is 42.2 Å². The van der Waals surface area contributed by atoms with Gasteiger partial charge in [0.25, 0.3) is 0 Å². The summed E-state index contributed by atoms with van der Waals surface area (Å²) >= 11 is 0. The van der Waals surface area contributed by atoms with E-state index in [0.717, 1.165) is 19.5 Å². The molecular formula is C16H18N4. The summed E-state index contributed by atoms with van der Waals surface area (Å²) in [5, 5.41) is 4.94. The quantitative estimate of drug-likeness (QED) is 0.749. The summed E-state index contributed by atoms with van der Waals surface area (Å²) in [4.78, 5) is 7.96. The summed E-state index contributed by atoms with van der Waals surface area (Å²) in [7, 11) is 0. The van der Waals surface area contributed by atoms with Crippen LogP contribution in [-0.4, -0.2) is 21.1 Å². The molecule has 102 valence electrons. The second kappa shape index (κ2) is 4.49. The lowest BCUT2D eigenvalue weighted by atomic mass is 9.97. The number of benzene rings is 1. The smallest absolute Gasteiger partial charge is 0.0952 e. The Labute approximate surface area is 117 Å². The highest BCUT2D eigenvalue weighted by molar-refractivity contribution is 5.84. The molecule has 0 spiro atoms. The predicted octanol–water partition coefficient (Wildman–Crippen LogP) is 2.62. The van der Waals surface area contributed by atoms with Gasteiger partial charge in [0.15, 0.2) is 0 Å². The van der Waals surface area contributed by atoms with Gasteiger partial charge in [-0.25, -0.2) is 4.98 Å². The van der Waals surface area contributed by atoms with Gasteiger partial charge in [-0.1, -0.05) is 18.2 Å². The lowest BCUT2D eigenvalue weighted by molar-refractivity contribution is 0.526. The van der Waals surface area contributed by atoms with Crippen molar-refractivity contribution in [2.24, 2.45) is 0 Å². The van der Waals surface area contributed by atoms with Gasteiger partial charge in [-0.05, 0) is 13.0 Å². The summed E-state index contributed by atoms with van der Waals surface area (Å²) in [6.45, 7) is 4.11. The molecular weight excluding hydrogens is 248 g/mol. The Hall–Kier alpha value is -2.07. The number of aryl methyl sites for hydroxylation is 1. The Bertz CT molecular complexity index is 739. The van der Waals surface area contributed by atoms with E-state index in [-0.39, 0.29) is 6.04 Å². The van der Waals surface area contributed by atoms with Crippen LogP contribution in [0.3, 0.4) is 0 Å². The number of aromatic nitrogens is 3. The standard InChI is InChI=1S/C16H18N4/c1-2-20-10-19-14-7-8-17-15(16(14)20)12-9-18-13-6-4-3-5-11(12)13/h3-6,9-10,15,17-18H,2,7-8H2,1H3. The van der Waals surface area contributed by atoms with Crippen LogP contribution in [0.25, 0.3) is 10.9 Å². The Morgan fingerprint density at radius 3 is 3.15 bits per heavy atom. The van der Waals surface area contributed by atoms with E-state index in [0.29, 0.717) is 0 Å². The Morgan fingerprint density at radius 1 is 1.35 bits per heavy atom. The number of nitrogens with one attached hydrogen (secondary N) is 2. The Morgan fingerprint density at radius 2 is 2.25 bits per heavy atom. The van der Waals surface area contributed by atoms with Gasteiger partial charge in [-0.3, -0.25) is 0 Å². The van der Waals surface area contributed by atoms with Crippen LogP contribution in [0, 0.1) is 0 Å². The molecule has 1 unspecified atom stereocenters. The molecule has 0 saturated carbocycles. The minimum absolute atomic E-state index is 0.234. The fourth-order valence-electron chi connectivity index (χ4n) is 3.23. The fraction of sp³-hybridized carbons (Fsp3) is 0.312. The van der Waals surface area contributed by atoms with E-state index >= 15 is 0 Å². The molecule has 2 N–H and O–H groups in total. The molecule has 1 atom stereocenters. The van der Waals surface area contributed by atoms with E-state index in [1.165, 1.54) is 27.9 Å². The lowest BCUT2D eigenvalue weighted by Crippen LogP contribution is -2.32. The van der Waals surface area contributed by atoms with E-state index in [9.17, 15) is 0 Å². The molecule has 0 saturated heterocycles. The average molecular weight is 266 g/mol. The maximum atomic E-state index is 4.58. The predicted molar refractivity (Wildman–Crippen MR) is 79.7 cm³/mol. The van der Waals surface area contributed by atoms with Crippen molar-refractivity contribution in [1.82, 2.24) is 19.9 Å². The molecule has 0 bridgehead atoms. The maximum absolute atomic E-state index is 4.58. The molecule has 3 heterocycles. The monoisotopic (exact) mass is 266 g/mol. The summed E-state index contributed by atoms with van der Waals surface area (Å²) in [6, 6.07) is 8.71. The van der Waals surface area contributed by atoms with Crippen molar-refractivity contribution in [1.29, 1.82) is 0 Å². The van der Waals surface area contributed by atoms with Crippen molar-refractivity contribution in [3.8, 4) is 0 Å². The van der Waals surface area contributed by atoms with Crippen LogP contribution in [-0.2, 0) is 13.0 Å². The molecule has 0 radical (unpaired) electrons. The lowest BCUT2D eigenvalue weighted by Gasteiger charge is -2.25. The van der Waals surface area contributed by atoms with E-state index in [4.69, 9.17) is 0 Å². The van der Waals surface area contributed by atoms with Crippen LogP contribution in [0.5, 0.6) is 0 Å². The summed E-state index contributed by atoms with van der Waals surface area (Å²) in [5.41, 5.74) is 5.07. The number of para-hydroxylation sites is 1. The SMILES string of the molecule is CCn1cnc2c1C(c1c[nH]c3ccccc13)NCC2. The second-order valence-corrected chi connectivity index (χ2v) is 5.29. The van der Waals surface area contributed by atoms with Gasteiger partial charge in [0.05, 0.1) is 23.8 Å². The van der Waals surface area contributed by atoms with Crippen LogP contribution < -0.4 is 5.32 Å². The van der Waals surface area contributed by atoms with Crippen LogP contribution in [0.2, 0.25) is 0 Å². The number of imidazole rings is 1. The van der Waals surface area contributed by atoms with Gasteiger partial charge in [-0.15, -0.1) is 0 Å². The minimum atomic E-state index is 0.234. The number of rotatable bonds is 2. The molecule has 0 aliphatic carbocycles. The van der Waals surface area contributed by atoms with Crippen molar-refractivity contribution in [3.63, 3.8) is 0 Å². The first-order chi connectivity index (χ1) is 9.88. The number of hydrogen-bond donors (Lipinski definition) is 2. The number of aromatic amines is 1. The van der Waals surface area contributed by atoms with E-state index in [1.807, 2.05) is 6.33 Å². The third-order valence-electron chi connectivity index (χ3n) is 4.21. The Kier molecular flexibility index (Phi) is 2.63. The molecule has 0 fully saturated rings. The molecule has 4 nitrogen and oxygen atoms in total. The average Bonchev–Trinajstić information content (AvgIpc) is 3.11. The van der Waals surface area contributed by atoms with Gasteiger partial charge in [-0.2, -0.15) is 0 Å². The zero-order valence-electron chi connectivity index (χ0n) is 11.6. The first-order valence-electron chi connectivity index (χ1n) is 7.21. The van der Waals surface area contributed by atoms with E-state index in [2.05, 4.69) is 57.2 Å². The van der Waals surface area contributed by atoms with Crippen LogP contribution in [0.1, 0.15) is 29.9 Å². The summed E-state index contributed by atoms with van der Waals surface area (Å²) < 4.78 is 2.26. The molecule has 1 aromatic carbocycles. The third kappa shape index (κ3) is 1.61. The third-order valence-corrected chi connectivity index (χ3v) is 4.21.